The first-order valence-corrected chi connectivity index (χ1v) is 6.94. The molecule has 0 fully saturated rings. The Bertz CT molecular complexity index is 603. The molecule has 0 aromatic heterocycles. The maximum absolute atomic E-state index is 13.0. The zero-order valence-corrected chi connectivity index (χ0v) is 11.0. The fourth-order valence-corrected chi connectivity index (χ4v) is 3.12. The first-order valence-electron chi connectivity index (χ1n) is 5.24. The number of benzene rings is 2. The minimum absolute atomic E-state index is 0.209. The molecule has 2 nitrogen and oxygen atoms in total. The molecule has 0 saturated carbocycles. The molecule has 0 bridgehead atoms. The van der Waals surface area contributed by atoms with E-state index >= 15 is 0 Å². The zero-order valence-electron chi connectivity index (χ0n) is 9.40. The third-order valence-electron chi connectivity index (χ3n) is 2.39. The summed E-state index contributed by atoms with van der Waals surface area (Å²) in [5.41, 5.74) is 6.79. The van der Waals surface area contributed by atoms with Crippen molar-refractivity contribution >= 4 is 28.1 Å². The van der Waals surface area contributed by atoms with Crippen LogP contribution in [-0.2, 0) is 16.6 Å². The van der Waals surface area contributed by atoms with Crippen molar-refractivity contribution in [3.8, 4) is 0 Å². The van der Waals surface area contributed by atoms with Gasteiger partial charge in [-0.25, -0.2) is 4.39 Å². The van der Waals surface area contributed by atoms with Gasteiger partial charge in [-0.2, -0.15) is 0 Å². The zero-order chi connectivity index (χ0) is 13.1. The highest BCUT2D eigenvalue weighted by atomic mass is 35.5. The van der Waals surface area contributed by atoms with Crippen LogP contribution in [0.1, 0.15) is 5.56 Å². The molecule has 1 unspecified atom stereocenters. The number of nitrogen functional groups attached to an aromatic ring is 1. The van der Waals surface area contributed by atoms with Crippen LogP contribution >= 0.6 is 11.6 Å². The predicted molar refractivity (Wildman–Crippen MR) is 72.4 cm³/mol. The van der Waals surface area contributed by atoms with Gasteiger partial charge in [0.15, 0.2) is 0 Å². The first kappa shape index (κ1) is 13.1. The maximum atomic E-state index is 13.0. The Morgan fingerprint density at radius 2 is 2.00 bits per heavy atom. The van der Waals surface area contributed by atoms with Crippen LogP contribution < -0.4 is 5.73 Å². The number of anilines is 1. The third kappa shape index (κ3) is 3.09. The fourth-order valence-electron chi connectivity index (χ4n) is 1.55. The number of rotatable bonds is 3. The highest BCUT2D eigenvalue weighted by Gasteiger charge is 2.10. The van der Waals surface area contributed by atoms with E-state index in [9.17, 15) is 8.60 Å². The number of halogens is 2. The van der Waals surface area contributed by atoms with Crippen molar-refractivity contribution in [2.75, 3.05) is 5.73 Å². The highest BCUT2D eigenvalue weighted by Crippen LogP contribution is 2.24. The molecule has 18 heavy (non-hydrogen) atoms. The van der Waals surface area contributed by atoms with Crippen LogP contribution in [0.2, 0.25) is 5.02 Å². The molecule has 2 aromatic carbocycles. The summed E-state index contributed by atoms with van der Waals surface area (Å²) in [5.74, 6) is -0.135. The van der Waals surface area contributed by atoms with Crippen LogP contribution in [0.4, 0.5) is 10.1 Å². The van der Waals surface area contributed by atoms with Gasteiger partial charge in [0.25, 0.3) is 0 Å². The minimum atomic E-state index is -1.34. The molecule has 0 aliphatic carbocycles. The van der Waals surface area contributed by atoms with Crippen LogP contribution in [0.25, 0.3) is 0 Å². The van der Waals surface area contributed by atoms with Gasteiger partial charge < -0.3 is 5.73 Å². The summed E-state index contributed by atoms with van der Waals surface area (Å²) in [6, 6.07) is 10.8. The van der Waals surface area contributed by atoms with Gasteiger partial charge in [0.05, 0.1) is 26.5 Å². The highest BCUT2D eigenvalue weighted by molar-refractivity contribution is 7.84. The Kier molecular flexibility index (Phi) is 3.99. The van der Waals surface area contributed by atoms with E-state index in [1.807, 2.05) is 0 Å². The molecule has 2 rings (SSSR count). The average molecular weight is 284 g/mol. The van der Waals surface area contributed by atoms with Crippen LogP contribution in [0.15, 0.2) is 47.4 Å². The molecule has 0 radical (unpaired) electrons. The molecule has 0 saturated heterocycles. The fraction of sp³-hybridized carbons (Fsp3) is 0.0769. The molecule has 0 heterocycles. The lowest BCUT2D eigenvalue weighted by Crippen LogP contribution is -1.99. The summed E-state index contributed by atoms with van der Waals surface area (Å²) < 4.78 is 25.2. The van der Waals surface area contributed by atoms with Gasteiger partial charge in [-0.05, 0) is 35.9 Å². The Hall–Kier alpha value is -1.39. The molecule has 5 heteroatoms. The topological polar surface area (TPSA) is 43.1 Å². The monoisotopic (exact) mass is 283 g/mol. The molecule has 0 amide bonds. The molecule has 0 aliphatic heterocycles. The van der Waals surface area contributed by atoms with Crippen LogP contribution in [0.5, 0.6) is 0 Å². The minimum Gasteiger partial charge on any atom is -0.399 e. The van der Waals surface area contributed by atoms with E-state index in [-0.39, 0.29) is 11.6 Å². The predicted octanol–water partition coefficient (Wildman–Crippen LogP) is 3.37. The lowest BCUT2D eigenvalue weighted by molar-refractivity contribution is 0.626. The van der Waals surface area contributed by atoms with Crippen molar-refractivity contribution in [3.63, 3.8) is 0 Å². The van der Waals surface area contributed by atoms with Gasteiger partial charge in [0.1, 0.15) is 5.82 Å². The molecular weight excluding hydrogens is 273 g/mol. The average Bonchev–Trinajstić information content (AvgIpc) is 2.32. The van der Waals surface area contributed by atoms with E-state index in [0.717, 1.165) is 0 Å². The lowest BCUT2D eigenvalue weighted by atomic mass is 10.2. The van der Waals surface area contributed by atoms with Crippen LogP contribution in [0, 0.1) is 5.82 Å². The van der Waals surface area contributed by atoms with Crippen LogP contribution in [-0.4, -0.2) is 4.21 Å². The summed E-state index contributed by atoms with van der Waals surface area (Å²) in [5, 5.41) is 0.402. The van der Waals surface area contributed by atoms with E-state index < -0.39 is 10.8 Å². The maximum Gasteiger partial charge on any atom is 0.123 e. The van der Waals surface area contributed by atoms with Gasteiger partial charge in [-0.3, -0.25) is 4.21 Å². The summed E-state index contributed by atoms with van der Waals surface area (Å²) in [6.45, 7) is 0. The Labute approximate surface area is 112 Å². The van der Waals surface area contributed by atoms with Crippen molar-refractivity contribution in [3.05, 3.63) is 58.9 Å². The lowest BCUT2D eigenvalue weighted by Gasteiger charge is -2.06. The van der Waals surface area contributed by atoms with E-state index in [1.54, 1.807) is 30.3 Å². The molecule has 1 atom stereocenters. The standard InChI is InChI=1S/C13H11ClFNOS/c14-12-5-4-11(16)7-13(12)18(17)8-9-2-1-3-10(15)6-9/h1-7H,8,16H2. The molecule has 0 spiro atoms. The second-order valence-corrected chi connectivity index (χ2v) is 5.64. The quantitative estimate of drug-likeness (QED) is 0.878. The Balaban J connectivity index is 2.24. The summed E-state index contributed by atoms with van der Waals surface area (Å²) in [6.07, 6.45) is 0. The number of nitrogens with two attached hydrogens (primary N) is 1. The number of hydrogen-bond donors (Lipinski definition) is 1. The van der Waals surface area contributed by atoms with E-state index in [4.69, 9.17) is 17.3 Å². The second kappa shape index (κ2) is 5.50. The normalized spacial score (nSPS) is 12.3. The van der Waals surface area contributed by atoms with Crippen molar-refractivity contribution in [1.82, 2.24) is 0 Å². The van der Waals surface area contributed by atoms with Crippen molar-refractivity contribution < 1.29 is 8.60 Å². The molecular formula is C13H11ClFNOS. The van der Waals surface area contributed by atoms with Crippen molar-refractivity contribution in [2.24, 2.45) is 0 Å². The van der Waals surface area contributed by atoms with Gasteiger partial charge in [-0.15, -0.1) is 0 Å². The van der Waals surface area contributed by atoms with Gasteiger partial charge >= 0.3 is 0 Å². The van der Waals surface area contributed by atoms with Crippen LogP contribution in [0.3, 0.4) is 0 Å². The summed E-state index contributed by atoms with van der Waals surface area (Å²) in [4.78, 5) is 0.473. The summed E-state index contributed by atoms with van der Waals surface area (Å²) >= 11 is 5.97. The van der Waals surface area contributed by atoms with Gasteiger partial charge in [0.2, 0.25) is 0 Å². The number of hydrogen-bond acceptors (Lipinski definition) is 2. The second-order valence-electron chi connectivity index (χ2n) is 3.81. The van der Waals surface area contributed by atoms with E-state index in [0.29, 0.717) is 21.2 Å². The summed E-state index contributed by atoms with van der Waals surface area (Å²) in [7, 11) is -1.34. The Morgan fingerprint density at radius 1 is 1.22 bits per heavy atom. The third-order valence-corrected chi connectivity index (χ3v) is 4.25. The Morgan fingerprint density at radius 3 is 2.72 bits per heavy atom. The molecule has 94 valence electrons. The molecule has 2 aromatic rings. The van der Waals surface area contributed by atoms with Gasteiger partial charge in [0, 0.05) is 5.69 Å². The van der Waals surface area contributed by atoms with Crippen molar-refractivity contribution in [1.29, 1.82) is 0 Å². The smallest absolute Gasteiger partial charge is 0.123 e. The first-order chi connectivity index (χ1) is 8.56. The largest absolute Gasteiger partial charge is 0.399 e. The molecule has 2 N–H and O–H groups in total. The molecule has 0 aliphatic rings. The van der Waals surface area contributed by atoms with Crippen molar-refractivity contribution in [2.45, 2.75) is 10.6 Å². The SMILES string of the molecule is Nc1ccc(Cl)c(S(=O)Cc2cccc(F)c2)c1. The van der Waals surface area contributed by atoms with E-state index in [2.05, 4.69) is 0 Å². The van der Waals surface area contributed by atoms with E-state index in [1.165, 1.54) is 12.1 Å². The van der Waals surface area contributed by atoms with Gasteiger partial charge in [-0.1, -0.05) is 23.7 Å².